The number of carbonyl (C=O) groups excluding carboxylic acids is 1. The zero-order valence-electron chi connectivity index (χ0n) is 21.2. The van der Waals surface area contributed by atoms with Crippen molar-refractivity contribution in [2.45, 2.75) is 51.5 Å². The minimum Gasteiger partial charge on any atom is -0.508 e. The van der Waals surface area contributed by atoms with Gasteiger partial charge in [-0.3, -0.25) is 4.79 Å². The summed E-state index contributed by atoms with van der Waals surface area (Å²) >= 11 is 0. The third-order valence-electron chi connectivity index (χ3n) is 6.81. The summed E-state index contributed by atoms with van der Waals surface area (Å²) in [6.07, 6.45) is 0.890. The Hall–Kier alpha value is -3.65. The molecule has 0 saturated carbocycles. The van der Waals surface area contributed by atoms with Gasteiger partial charge in [-0.15, -0.1) is 0 Å². The monoisotopic (exact) mass is 501 g/mol. The van der Waals surface area contributed by atoms with Gasteiger partial charge in [-0.05, 0) is 66.8 Å². The van der Waals surface area contributed by atoms with Crippen molar-refractivity contribution in [2.75, 3.05) is 6.54 Å². The zero-order chi connectivity index (χ0) is 26.4. The Morgan fingerprint density at radius 3 is 2.51 bits per heavy atom. The summed E-state index contributed by atoms with van der Waals surface area (Å²) in [5.74, 6) is -0.126. The number of fused-ring (bicyclic) bond motifs is 1. The number of hydrogen-bond acceptors (Lipinski definition) is 5. The average molecular weight is 502 g/mol. The molecule has 0 saturated heterocycles. The zero-order valence-corrected chi connectivity index (χ0v) is 21.2. The molecule has 3 aromatic carbocycles. The van der Waals surface area contributed by atoms with E-state index in [0.29, 0.717) is 23.4 Å². The van der Waals surface area contributed by atoms with Crippen molar-refractivity contribution < 1.29 is 20.1 Å². The molecule has 1 heterocycles. The molecular weight excluding hydrogens is 466 g/mol. The van der Waals surface area contributed by atoms with Gasteiger partial charge in [-0.2, -0.15) is 0 Å². The molecule has 3 atom stereocenters. The number of amides is 1. The number of aliphatic hydroxyl groups is 2. The second kappa shape index (κ2) is 12.1. The van der Waals surface area contributed by atoms with E-state index >= 15 is 0 Å². The van der Waals surface area contributed by atoms with Crippen LogP contribution in [0.3, 0.4) is 0 Å². The third-order valence-corrected chi connectivity index (χ3v) is 6.81. The first kappa shape index (κ1) is 26.4. The molecule has 6 N–H and O–H groups in total. The predicted molar refractivity (Wildman–Crippen MR) is 145 cm³/mol. The molecule has 37 heavy (non-hydrogen) atoms. The molecule has 4 aromatic rings. The van der Waals surface area contributed by atoms with Crippen molar-refractivity contribution in [1.82, 2.24) is 15.6 Å². The summed E-state index contributed by atoms with van der Waals surface area (Å²) < 4.78 is 0. The number of benzene rings is 3. The number of rotatable bonds is 11. The van der Waals surface area contributed by atoms with E-state index in [9.17, 15) is 20.1 Å². The molecule has 4 rings (SSSR count). The molecule has 7 nitrogen and oxygen atoms in total. The van der Waals surface area contributed by atoms with Crippen molar-refractivity contribution in [2.24, 2.45) is 0 Å². The Balaban J connectivity index is 1.38. The van der Waals surface area contributed by atoms with E-state index < -0.39 is 6.10 Å². The van der Waals surface area contributed by atoms with Crippen molar-refractivity contribution in [1.29, 1.82) is 0 Å². The highest BCUT2D eigenvalue weighted by atomic mass is 16.3. The van der Waals surface area contributed by atoms with E-state index in [-0.39, 0.29) is 30.3 Å². The summed E-state index contributed by atoms with van der Waals surface area (Å²) in [5, 5.41) is 37.2. The topological polar surface area (TPSA) is 118 Å². The van der Waals surface area contributed by atoms with Crippen LogP contribution in [0.5, 0.6) is 5.75 Å². The molecule has 0 aliphatic heterocycles. The fourth-order valence-electron chi connectivity index (χ4n) is 4.51. The van der Waals surface area contributed by atoms with E-state index in [1.807, 2.05) is 49.4 Å². The lowest BCUT2D eigenvalue weighted by Gasteiger charge is -2.20. The maximum absolute atomic E-state index is 12.8. The molecule has 7 heteroatoms. The molecule has 1 amide bonds. The van der Waals surface area contributed by atoms with E-state index in [0.717, 1.165) is 34.9 Å². The maximum Gasteiger partial charge on any atom is 0.268 e. The van der Waals surface area contributed by atoms with Crippen LogP contribution < -0.4 is 10.6 Å². The first-order chi connectivity index (χ1) is 17.9. The fraction of sp³-hybridized carbons (Fsp3) is 0.300. The van der Waals surface area contributed by atoms with E-state index in [2.05, 4.69) is 34.7 Å². The molecule has 1 aromatic heterocycles. The van der Waals surface area contributed by atoms with E-state index in [1.165, 1.54) is 6.07 Å². The number of aliphatic hydroxyl groups excluding tert-OH is 2. The number of aromatic hydroxyl groups is 1. The highest BCUT2D eigenvalue weighted by molar-refractivity contribution is 5.98. The average Bonchev–Trinajstić information content (AvgIpc) is 3.35. The van der Waals surface area contributed by atoms with E-state index in [4.69, 9.17) is 0 Å². The van der Waals surface area contributed by atoms with Gasteiger partial charge in [0.2, 0.25) is 0 Å². The smallest absolute Gasteiger partial charge is 0.268 e. The van der Waals surface area contributed by atoms with Crippen LogP contribution in [-0.2, 0) is 13.0 Å². The summed E-state index contributed by atoms with van der Waals surface area (Å²) in [4.78, 5) is 16.1. The lowest BCUT2D eigenvalue weighted by molar-refractivity contribution is 0.0935. The molecule has 0 aliphatic carbocycles. The molecular formula is C30H35N3O4. The molecule has 0 bridgehead atoms. The normalized spacial score (nSPS) is 13.8. The highest BCUT2D eigenvalue weighted by Crippen LogP contribution is 2.23. The lowest BCUT2D eigenvalue weighted by atomic mass is 10.0. The van der Waals surface area contributed by atoms with Gasteiger partial charge in [0.25, 0.3) is 5.91 Å². The number of aromatic nitrogens is 1. The van der Waals surface area contributed by atoms with Crippen LogP contribution in [-0.4, -0.2) is 38.8 Å². The Morgan fingerprint density at radius 1 is 1.00 bits per heavy atom. The van der Waals surface area contributed by atoms with Gasteiger partial charge in [0.15, 0.2) is 0 Å². The molecule has 0 fully saturated rings. The van der Waals surface area contributed by atoms with Crippen LogP contribution >= 0.6 is 0 Å². The van der Waals surface area contributed by atoms with Crippen LogP contribution in [0, 0.1) is 0 Å². The summed E-state index contributed by atoms with van der Waals surface area (Å²) in [6.45, 7) is 4.13. The molecule has 0 aliphatic rings. The molecule has 3 unspecified atom stereocenters. The summed E-state index contributed by atoms with van der Waals surface area (Å²) in [5.41, 5.74) is 4.66. The van der Waals surface area contributed by atoms with Gasteiger partial charge < -0.3 is 30.9 Å². The van der Waals surface area contributed by atoms with Gasteiger partial charge in [0.1, 0.15) is 11.4 Å². The predicted octanol–water partition coefficient (Wildman–Crippen LogP) is 4.50. The van der Waals surface area contributed by atoms with Gasteiger partial charge in [-0.25, -0.2) is 0 Å². The second-order valence-corrected chi connectivity index (χ2v) is 9.49. The second-order valence-electron chi connectivity index (χ2n) is 9.49. The largest absolute Gasteiger partial charge is 0.508 e. The van der Waals surface area contributed by atoms with Crippen molar-refractivity contribution in [3.05, 3.63) is 101 Å². The van der Waals surface area contributed by atoms with Gasteiger partial charge in [0, 0.05) is 29.1 Å². The van der Waals surface area contributed by atoms with Crippen molar-refractivity contribution in [3.8, 4) is 5.75 Å². The molecule has 0 spiro atoms. The maximum atomic E-state index is 12.8. The van der Waals surface area contributed by atoms with Crippen LogP contribution in [0.4, 0.5) is 0 Å². The first-order valence-electron chi connectivity index (χ1n) is 12.7. The number of H-pyrrole nitrogens is 1. The van der Waals surface area contributed by atoms with Gasteiger partial charge >= 0.3 is 0 Å². The Labute approximate surface area is 217 Å². The Morgan fingerprint density at radius 2 is 1.78 bits per heavy atom. The minimum atomic E-state index is -0.758. The summed E-state index contributed by atoms with van der Waals surface area (Å²) in [7, 11) is 0. The number of nitrogens with one attached hydrogen (secondary N) is 3. The van der Waals surface area contributed by atoms with Gasteiger partial charge in [0.05, 0.1) is 18.8 Å². The fourth-order valence-corrected chi connectivity index (χ4v) is 4.51. The summed E-state index contributed by atoms with van der Waals surface area (Å²) in [6, 6.07) is 22.7. The van der Waals surface area contributed by atoms with Crippen LogP contribution in [0.25, 0.3) is 10.9 Å². The van der Waals surface area contributed by atoms with Crippen molar-refractivity contribution >= 4 is 16.8 Å². The number of phenols is 1. The first-order valence-corrected chi connectivity index (χ1v) is 12.7. The SMILES string of the molecule is CCC(Cc1ccc2[nH]c(C(=O)NC(C)c3ccccc3)cc2c1)NCC(O)c1ccc(O)c(CO)c1. The highest BCUT2D eigenvalue weighted by Gasteiger charge is 2.16. The van der Waals surface area contributed by atoms with Gasteiger partial charge in [-0.1, -0.05) is 49.4 Å². The van der Waals surface area contributed by atoms with E-state index in [1.54, 1.807) is 12.1 Å². The van der Waals surface area contributed by atoms with Crippen LogP contribution in [0.1, 0.15) is 65.2 Å². The Kier molecular flexibility index (Phi) is 8.61. The van der Waals surface area contributed by atoms with Crippen LogP contribution in [0.2, 0.25) is 0 Å². The number of carbonyl (C=O) groups is 1. The number of aromatic amines is 1. The molecule has 194 valence electrons. The van der Waals surface area contributed by atoms with Crippen LogP contribution in [0.15, 0.2) is 72.8 Å². The van der Waals surface area contributed by atoms with Crippen molar-refractivity contribution in [3.63, 3.8) is 0 Å². The lowest BCUT2D eigenvalue weighted by Crippen LogP contribution is -2.34. The quantitative estimate of drug-likeness (QED) is 0.181. The minimum absolute atomic E-state index is 0.0179. The number of hydrogen-bond donors (Lipinski definition) is 6. The molecule has 0 radical (unpaired) electrons. The Bertz CT molecular complexity index is 1340. The third kappa shape index (κ3) is 6.57. The standard InChI is InChI=1S/C30H35N3O4/c1-3-25(31-17-29(36)22-10-12-28(35)24(15-22)18-34)14-20-9-11-26-23(13-20)16-27(33-26)30(37)32-19(2)21-7-5-4-6-8-21/h4-13,15-16,19,25,29,31,33-36H,3,14,17-18H2,1-2H3,(H,32,37).